The van der Waals surface area contributed by atoms with E-state index in [0.717, 1.165) is 26.7 Å². The van der Waals surface area contributed by atoms with E-state index in [1.807, 2.05) is 32.0 Å². The largest absolute Gasteiger partial charge is 0.496 e. The van der Waals surface area contributed by atoms with Crippen molar-refractivity contribution in [3.63, 3.8) is 0 Å². The average Bonchev–Trinajstić information content (AvgIpc) is 2.37. The molecule has 0 amide bonds. The van der Waals surface area contributed by atoms with Gasteiger partial charge in [-0.3, -0.25) is 0 Å². The van der Waals surface area contributed by atoms with E-state index in [0.29, 0.717) is 10.8 Å². The molecule has 0 spiro atoms. The van der Waals surface area contributed by atoms with Gasteiger partial charge in [-0.1, -0.05) is 39.7 Å². The molecule has 0 aliphatic carbocycles. The summed E-state index contributed by atoms with van der Waals surface area (Å²) in [6.45, 7) is 3.97. The first-order chi connectivity index (χ1) is 9.43. The molecule has 0 heterocycles. The van der Waals surface area contributed by atoms with Crippen molar-refractivity contribution in [2.45, 2.75) is 20.0 Å². The van der Waals surface area contributed by atoms with Crippen LogP contribution in [0.5, 0.6) is 5.75 Å². The maximum absolute atomic E-state index is 10.7. The minimum absolute atomic E-state index is 0.625. The Labute approximate surface area is 132 Å². The molecule has 0 aliphatic heterocycles. The maximum Gasteiger partial charge on any atom is 0.125 e. The Bertz CT molecular complexity index is 641. The molecule has 2 rings (SSSR count). The average molecular weight is 356 g/mol. The molecule has 0 saturated heterocycles. The fraction of sp³-hybridized carbons (Fsp3) is 0.250. The highest BCUT2D eigenvalue weighted by Crippen LogP contribution is 2.37. The summed E-state index contributed by atoms with van der Waals surface area (Å²) in [5, 5.41) is 11.3. The van der Waals surface area contributed by atoms with Gasteiger partial charge in [0, 0.05) is 15.1 Å². The molecule has 0 bridgehead atoms. The van der Waals surface area contributed by atoms with Gasteiger partial charge in [-0.15, -0.1) is 0 Å². The third-order valence-electron chi connectivity index (χ3n) is 3.24. The smallest absolute Gasteiger partial charge is 0.125 e. The zero-order chi connectivity index (χ0) is 14.9. The van der Waals surface area contributed by atoms with Gasteiger partial charge in [0.05, 0.1) is 7.11 Å². The van der Waals surface area contributed by atoms with E-state index >= 15 is 0 Å². The van der Waals surface area contributed by atoms with E-state index < -0.39 is 6.10 Å². The molecule has 2 aromatic rings. The summed E-state index contributed by atoms with van der Waals surface area (Å²) < 4.78 is 6.19. The number of halogens is 2. The molecule has 0 aliphatic rings. The summed E-state index contributed by atoms with van der Waals surface area (Å²) >= 11 is 9.39. The highest BCUT2D eigenvalue weighted by atomic mass is 79.9. The lowest BCUT2D eigenvalue weighted by atomic mass is 9.95. The lowest BCUT2D eigenvalue weighted by molar-refractivity contribution is 0.213. The Morgan fingerprint density at radius 1 is 1.20 bits per heavy atom. The molecule has 4 heteroatoms. The van der Waals surface area contributed by atoms with Gasteiger partial charge in [0.2, 0.25) is 0 Å². The van der Waals surface area contributed by atoms with Crippen molar-refractivity contribution in [1.82, 2.24) is 0 Å². The second-order valence-corrected chi connectivity index (χ2v) is 6.06. The number of rotatable bonds is 3. The van der Waals surface area contributed by atoms with Crippen LogP contribution in [0.25, 0.3) is 0 Å². The van der Waals surface area contributed by atoms with E-state index in [2.05, 4.69) is 15.9 Å². The fourth-order valence-electron chi connectivity index (χ4n) is 2.34. The zero-order valence-corrected chi connectivity index (χ0v) is 13.9. The maximum atomic E-state index is 10.7. The number of hydrogen-bond acceptors (Lipinski definition) is 2. The van der Waals surface area contributed by atoms with Crippen LogP contribution in [0.4, 0.5) is 0 Å². The van der Waals surface area contributed by atoms with Crippen LogP contribution in [0.3, 0.4) is 0 Å². The molecular weight excluding hydrogens is 340 g/mol. The van der Waals surface area contributed by atoms with E-state index in [-0.39, 0.29) is 0 Å². The summed E-state index contributed by atoms with van der Waals surface area (Å²) in [5.74, 6) is 0.692. The Morgan fingerprint density at radius 2 is 1.90 bits per heavy atom. The Morgan fingerprint density at radius 3 is 2.50 bits per heavy atom. The van der Waals surface area contributed by atoms with Gasteiger partial charge >= 0.3 is 0 Å². The first-order valence-corrected chi connectivity index (χ1v) is 7.39. The number of aliphatic hydroxyl groups is 1. The molecule has 0 aromatic heterocycles. The van der Waals surface area contributed by atoms with Gasteiger partial charge in [-0.2, -0.15) is 0 Å². The monoisotopic (exact) mass is 354 g/mol. The SMILES string of the molecule is COc1cc(C)cc(C)c1C(O)c1ccc(Cl)cc1Br. The molecule has 1 atom stereocenters. The van der Waals surface area contributed by atoms with Gasteiger partial charge in [0.1, 0.15) is 11.9 Å². The molecule has 106 valence electrons. The topological polar surface area (TPSA) is 29.5 Å². The van der Waals surface area contributed by atoms with Gasteiger partial charge in [0.25, 0.3) is 0 Å². The summed E-state index contributed by atoms with van der Waals surface area (Å²) in [4.78, 5) is 0. The Hall–Kier alpha value is -1.03. The third-order valence-corrected chi connectivity index (χ3v) is 4.17. The van der Waals surface area contributed by atoms with Crippen LogP contribution >= 0.6 is 27.5 Å². The van der Waals surface area contributed by atoms with E-state index in [1.54, 1.807) is 19.2 Å². The third kappa shape index (κ3) is 3.00. The van der Waals surface area contributed by atoms with Gasteiger partial charge in [-0.25, -0.2) is 0 Å². The zero-order valence-electron chi connectivity index (χ0n) is 11.6. The quantitative estimate of drug-likeness (QED) is 0.856. The molecule has 0 fully saturated rings. The summed E-state index contributed by atoms with van der Waals surface area (Å²) in [7, 11) is 1.61. The lowest BCUT2D eigenvalue weighted by Gasteiger charge is -2.19. The molecule has 0 saturated carbocycles. The van der Waals surface area contributed by atoms with Crippen LogP contribution < -0.4 is 4.74 Å². The second-order valence-electron chi connectivity index (χ2n) is 4.77. The molecule has 20 heavy (non-hydrogen) atoms. The number of benzene rings is 2. The minimum Gasteiger partial charge on any atom is -0.496 e. The van der Waals surface area contributed by atoms with Crippen molar-refractivity contribution in [1.29, 1.82) is 0 Å². The summed E-state index contributed by atoms with van der Waals surface area (Å²) in [6.07, 6.45) is -0.766. The molecule has 1 N–H and O–H groups in total. The first kappa shape index (κ1) is 15.4. The predicted molar refractivity (Wildman–Crippen MR) is 85.7 cm³/mol. The molecule has 0 radical (unpaired) electrons. The first-order valence-electron chi connectivity index (χ1n) is 6.22. The number of aliphatic hydroxyl groups excluding tert-OH is 1. The predicted octanol–water partition coefficient (Wildman–Crippen LogP) is 4.81. The highest BCUT2D eigenvalue weighted by molar-refractivity contribution is 9.10. The Kier molecular flexibility index (Phi) is 4.74. The summed E-state index contributed by atoms with van der Waals surface area (Å²) in [6, 6.07) is 9.31. The van der Waals surface area contributed by atoms with Crippen molar-refractivity contribution in [3.05, 3.63) is 62.1 Å². The Balaban J connectivity index is 2.55. The summed E-state index contributed by atoms with van der Waals surface area (Å²) in [5.41, 5.74) is 3.64. The van der Waals surface area contributed by atoms with Crippen LogP contribution in [-0.2, 0) is 0 Å². The number of methoxy groups -OCH3 is 1. The normalized spacial score (nSPS) is 12.3. The van der Waals surface area contributed by atoms with Gasteiger partial charge < -0.3 is 9.84 Å². The standard InChI is InChI=1S/C16H16BrClO2/c1-9-6-10(2)15(14(7-9)20-3)16(19)12-5-4-11(18)8-13(12)17/h4-8,16,19H,1-3H3. The van der Waals surface area contributed by atoms with Crippen molar-refractivity contribution in [3.8, 4) is 5.75 Å². The van der Waals surface area contributed by atoms with E-state index in [1.165, 1.54) is 0 Å². The molecule has 2 aromatic carbocycles. The van der Waals surface area contributed by atoms with Crippen LogP contribution in [0.15, 0.2) is 34.8 Å². The fourth-order valence-corrected chi connectivity index (χ4v) is 3.24. The van der Waals surface area contributed by atoms with Crippen molar-refractivity contribution < 1.29 is 9.84 Å². The highest BCUT2D eigenvalue weighted by Gasteiger charge is 2.20. The molecular formula is C16H16BrClO2. The van der Waals surface area contributed by atoms with Crippen LogP contribution in [0, 0.1) is 13.8 Å². The van der Waals surface area contributed by atoms with Crippen LogP contribution in [0.1, 0.15) is 28.4 Å². The van der Waals surface area contributed by atoms with E-state index in [4.69, 9.17) is 16.3 Å². The second kappa shape index (κ2) is 6.17. The minimum atomic E-state index is -0.766. The van der Waals surface area contributed by atoms with Crippen molar-refractivity contribution >= 4 is 27.5 Å². The molecule has 2 nitrogen and oxygen atoms in total. The van der Waals surface area contributed by atoms with Crippen LogP contribution in [-0.4, -0.2) is 12.2 Å². The number of aryl methyl sites for hydroxylation is 2. The van der Waals surface area contributed by atoms with Crippen molar-refractivity contribution in [2.75, 3.05) is 7.11 Å². The number of ether oxygens (including phenoxy) is 1. The lowest BCUT2D eigenvalue weighted by Crippen LogP contribution is -2.06. The van der Waals surface area contributed by atoms with Gasteiger partial charge in [0.15, 0.2) is 0 Å². The van der Waals surface area contributed by atoms with E-state index in [9.17, 15) is 5.11 Å². The number of hydrogen-bond donors (Lipinski definition) is 1. The van der Waals surface area contributed by atoms with Crippen LogP contribution in [0.2, 0.25) is 5.02 Å². The molecule has 1 unspecified atom stereocenters. The van der Waals surface area contributed by atoms with Crippen molar-refractivity contribution in [2.24, 2.45) is 0 Å². The van der Waals surface area contributed by atoms with Gasteiger partial charge in [-0.05, 0) is 48.7 Å².